The Kier molecular flexibility index (Phi) is 3.44. The van der Waals surface area contributed by atoms with Gasteiger partial charge in [0.1, 0.15) is 0 Å². The molecule has 5 heteroatoms. The number of hydrogen-bond acceptors (Lipinski definition) is 3. The van der Waals surface area contributed by atoms with Gasteiger partial charge in [0.05, 0.1) is 12.5 Å². The number of carbonyl (C=O) groups excluding carboxylic acids is 1. The van der Waals surface area contributed by atoms with Gasteiger partial charge < -0.3 is 10.0 Å². The van der Waals surface area contributed by atoms with Crippen molar-refractivity contribution in [2.45, 2.75) is 12.8 Å². The first-order valence-corrected chi connectivity index (χ1v) is 6.98. The minimum absolute atomic E-state index is 0.0704. The number of benzene rings is 1. The first kappa shape index (κ1) is 13.1. The molecule has 0 saturated carbocycles. The van der Waals surface area contributed by atoms with E-state index in [0.717, 1.165) is 25.1 Å². The molecule has 1 aromatic rings. The summed E-state index contributed by atoms with van der Waals surface area (Å²) in [5.74, 6) is -1.01. The van der Waals surface area contributed by atoms with Crippen molar-refractivity contribution in [2.24, 2.45) is 5.92 Å². The smallest absolute Gasteiger partial charge is 0.309 e. The van der Waals surface area contributed by atoms with E-state index in [1.54, 1.807) is 0 Å². The fourth-order valence-electron chi connectivity index (χ4n) is 2.92. The fraction of sp³-hybridized carbons (Fsp3) is 0.467. The lowest BCUT2D eigenvalue weighted by molar-refractivity contribution is -0.148. The maximum atomic E-state index is 12.4. The first-order valence-electron chi connectivity index (χ1n) is 6.98. The molecule has 1 fully saturated rings. The van der Waals surface area contributed by atoms with E-state index in [1.165, 1.54) is 5.56 Å². The highest BCUT2D eigenvalue weighted by atomic mass is 16.4. The van der Waals surface area contributed by atoms with Crippen LogP contribution in [0.5, 0.6) is 0 Å². The van der Waals surface area contributed by atoms with Gasteiger partial charge in [0, 0.05) is 25.3 Å². The Hall–Kier alpha value is -1.88. The number of aliphatic carboxylic acids is 1. The van der Waals surface area contributed by atoms with Crippen molar-refractivity contribution in [2.75, 3.05) is 31.1 Å². The summed E-state index contributed by atoms with van der Waals surface area (Å²) in [7, 11) is 0. The van der Waals surface area contributed by atoms with Crippen LogP contribution in [0.1, 0.15) is 12.0 Å². The van der Waals surface area contributed by atoms with Crippen LogP contribution >= 0.6 is 0 Å². The highest BCUT2D eigenvalue weighted by molar-refractivity contribution is 5.96. The number of carbonyl (C=O) groups is 2. The first-order chi connectivity index (χ1) is 9.65. The molecule has 2 aliphatic rings. The third kappa shape index (κ3) is 2.41. The molecule has 1 amide bonds. The van der Waals surface area contributed by atoms with Gasteiger partial charge in [-0.1, -0.05) is 18.2 Å². The predicted octanol–water partition coefficient (Wildman–Crippen LogP) is 0.982. The van der Waals surface area contributed by atoms with Crippen molar-refractivity contribution in [3.8, 4) is 0 Å². The minimum atomic E-state index is -0.767. The zero-order valence-electron chi connectivity index (χ0n) is 11.3. The van der Waals surface area contributed by atoms with Crippen LogP contribution in [0.3, 0.4) is 0 Å². The van der Waals surface area contributed by atoms with E-state index in [1.807, 2.05) is 28.0 Å². The topological polar surface area (TPSA) is 60.9 Å². The van der Waals surface area contributed by atoms with Gasteiger partial charge in [-0.2, -0.15) is 0 Å². The summed E-state index contributed by atoms with van der Waals surface area (Å²) in [6.07, 6.45) is 2.01. The van der Waals surface area contributed by atoms with Crippen molar-refractivity contribution in [1.82, 2.24) is 4.90 Å². The number of carboxylic acid groups (broad SMARTS) is 1. The molecule has 0 aliphatic carbocycles. The van der Waals surface area contributed by atoms with Crippen LogP contribution in [-0.2, 0) is 16.0 Å². The second kappa shape index (κ2) is 5.25. The molecular formula is C15H18N2O3. The SMILES string of the molecule is O=C(O)C1CN(CC(=O)N2CCCc3ccccc32)C1. The molecule has 2 heterocycles. The van der Waals surface area contributed by atoms with Crippen LogP contribution in [-0.4, -0.2) is 48.1 Å². The molecule has 1 aromatic carbocycles. The van der Waals surface area contributed by atoms with Crippen molar-refractivity contribution >= 4 is 17.6 Å². The molecule has 0 bridgehead atoms. The van der Waals surface area contributed by atoms with Crippen LogP contribution in [0, 0.1) is 5.92 Å². The van der Waals surface area contributed by atoms with E-state index in [9.17, 15) is 9.59 Å². The van der Waals surface area contributed by atoms with E-state index < -0.39 is 5.97 Å². The number of nitrogens with zero attached hydrogens (tertiary/aromatic N) is 2. The largest absolute Gasteiger partial charge is 0.481 e. The molecule has 0 radical (unpaired) electrons. The zero-order chi connectivity index (χ0) is 14.1. The van der Waals surface area contributed by atoms with Crippen LogP contribution in [0.2, 0.25) is 0 Å². The summed E-state index contributed by atoms with van der Waals surface area (Å²) in [5, 5.41) is 8.84. The number of para-hydroxylation sites is 1. The highest BCUT2D eigenvalue weighted by Crippen LogP contribution is 2.27. The number of rotatable bonds is 3. The van der Waals surface area contributed by atoms with Crippen LogP contribution < -0.4 is 4.90 Å². The van der Waals surface area contributed by atoms with Crippen molar-refractivity contribution in [3.63, 3.8) is 0 Å². The maximum absolute atomic E-state index is 12.4. The molecular weight excluding hydrogens is 256 g/mol. The molecule has 5 nitrogen and oxygen atoms in total. The van der Waals surface area contributed by atoms with Crippen molar-refractivity contribution < 1.29 is 14.7 Å². The zero-order valence-corrected chi connectivity index (χ0v) is 11.3. The summed E-state index contributed by atoms with van der Waals surface area (Å²) in [4.78, 5) is 26.9. The summed E-state index contributed by atoms with van der Waals surface area (Å²) in [6.45, 7) is 2.04. The number of likely N-dealkylation sites (tertiary alicyclic amines) is 1. The van der Waals surface area contributed by atoms with E-state index >= 15 is 0 Å². The molecule has 0 aromatic heterocycles. The van der Waals surface area contributed by atoms with Crippen LogP contribution in [0.25, 0.3) is 0 Å². The summed E-state index contributed by atoms with van der Waals surface area (Å²) >= 11 is 0. The number of fused-ring (bicyclic) bond motifs is 1. The molecule has 0 spiro atoms. The van der Waals surface area contributed by atoms with E-state index in [2.05, 4.69) is 6.07 Å². The number of amides is 1. The van der Waals surface area contributed by atoms with Crippen molar-refractivity contribution in [3.05, 3.63) is 29.8 Å². The van der Waals surface area contributed by atoms with Gasteiger partial charge in [0.15, 0.2) is 0 Å². The van der Waals surface area contributed by atoms with E-state index in [-0.39, 0.29) is 11.8 Å². The Bertz CT molecular complexity index is 538. The lowest BCUT2D eigenvalue weighted by atomic mass is 9.99. The molecule has 3 rings (SSSR count). The van der Waals surface area contributed by atoms with E-state index in [4.69, 9.17) is 5.11 Å². The van der Waals surface area contributed by atoms with Crippen LogP contribution in [0.15, 0.2) is 24.3 Å². The summed E-state index contributed by atoms with van der Waals surface area (Å²) in [5.41, 5.74) is 2.23. The Morgan fingerprint density at radius 2 is 2.00 bits per heavy atom. The quantitative estimate of drug-likeness (QED) is 0.892. The maximum Gasteiger partial charge on any atom is 0.309 e. The Labute approximate surface area is 117 Å². The number of hydrogen-bond donors (Lipinski definition) is 1. The summed E-state index contributed by atoms with van der Waals surface area (Å²) in [6, 6.07) is 8.01. The Balaban J connectivity index is 1.63. The molecule has 106 valence electrons. The van der Waals surface area contributed by atoms with Gasteiger partial charge in [-0.25, -0.2) is 0 Å². The van der Waals surface area contributed by atoms with Gasteiger partial charge >= 0.3 is 5.97 Å². The van der Waals surface area contributed by atoms with Gasteiger partial charge in [0.25, 0.3) is 0 Å². The molecule has 20 heavy (non-hydrogen) atoms. The second-order valence-corrected chi connectivity index (χ2v) is 5.51. The molecule has 2 aliphatic heterocycles. The highest BCUT2D eigenvalue weighted by Gasteiger charge is 2.34. The van der Waals surface area contributed by atoms with Gasteiger partial charge in [-0.15, -0.1) is 0 Å². The van der Waals surface area contributed by atoms with Crippen molar-refractivity contribution in [1.29, 1.82) is 0 Å². The third-order valence-electron chi connectivity index (χ3n) is 4.08. The normalized spacial score (nSPS) is 19.3. The molecule has 1 saturated heterocycles. The lowest BCUT2D eigenvalue weighted by Gasteiger charge is -2.38. The number of carboxylic acids is 1. The minimum Gasteiger partial charge on any atom is -0.481 e. The standard InChI is InChI=1S/C15H18N2O3/c18-14(10-16-8-12(9-16)15(19)20)17-7-3-5-11-4-1-2-6-13(11)17/h1-2,4,6,12H,3,5,7-10H2,(H,19,20). The van der Waals surface area contributed by atoms with Gasteiger partial charge in [-0.3, -0.25) is 14.5 Å². The number of anilines is 1. The van der Waals surface area contributed by atoms with Gasteiger partial charge in [0.2, 0.25) is 5.91 Å². The molecule has 0 atom stereocenters. The molecule has 1 N–H and O–H groups in total. The van der Waals surface area contributed by atoms with Crippen LogP contribution in [0.4, 0.5) is 5.69 Å². The summed E-state index contributed by atoms with van der Waals surface area (Å²) < 4.78 is 0. The lowest BCUT2D eigenvalue weighted by Crippen LogP contribution is -2.54. The molecule has 0 unspecified atom stereocenters. The van der Waals surface area contributed by atoms with Gasteiger partial charge in [-0.05, 0) is 24.5 Å². The number of aryl methyl sites for hydroxylation is 1. The fourth-order valence-corrected chi connectivity index (χ4v) is 2.92. The Morgan fingerprint density at radius 1 is 1.25 bits per heavy atom. The second-order valence-electron chi connectivity index (χ2n) is 5.51. The monoisotopic (exact) mass is 274 g/mol. The Morgan fingerprint density at radius 3 is 2.75 bits per heavy atom. The third-order valence-corrected chi connectivity index (χ3v) is 4.08. The average molecular weight is 274 g/mol. The predicted molar refractivity (Wildman–Crippen MR) is 74.7 cm³/mol. The van der Waals surface area contributed by atoms with E-state index in [0.29, 0.717) is 19.6 Å². The average Bonchev–Trinajstić information content (AvgIpc) is 2.41.